The Morgan fingerprint density at radius 1 is 1.31 bits per heavy atom. The molecule has 1 N–H and O–H groups in total. The molecule has 3 rings (SSSR count). The Bertz CT molecular complexity index is 739. The number of amides is 1. The molecule has 1 aliphatic carbocycles. The second-order valence-electron chi connectivity index (χ2n) is 7.35. The number of fused-ring (bicyclic) bond motifs is 1. The number of anilines is 1. The van der Waals surface area contributed by atoms with Crippen molar-refractivity contribution in [3.05, 3.63) is 10.6 Å². The molecule has 9 heteroatoms. The van der Waals surface area contributed by atoms with Crippen molar-refractivity contribution in [1.82, 2.24) is 13.6 Å². The number of rotatable bonds is 6. The number of nitrogens with zero attached hydrogens (tertiary/aromatic N) is 3. The minimum Gasteiger partial charge on any atom is -0.302 e. The van der Waals surface area contributed by atoms with Gasteiger partial charge in [0.25, 0.3) is 10.2 Å². The number of carbonyl (C=O) groups is 1. The quantitative estimate of drug-likeness (QED) is 0.796. The van der Waals surface area contributed by atoms with Crippen LogP contribution < -0.4 is 5.32 Å². The Kier molecular flexibility index (Phi) is 6.32. The second-order valence-corrected chi connectivity index (χ2v) is 10.6. The van der Waals surface area contributed by atoms with Gasteiger partial charge in [0, 0.05) is 38.4 Å². The van der Waals surface area contributed by atoms with Crippen molar-refractivity contribution in [2.45, 2.75) is 57.9 Å². The SMILES string of the molecule is CN(C)S(=O)(=O)N1CCc2nc(NC(=O)CCC3CCCCC3)sc2C1. The summed E-state index contributed by atoms with van der Waals surface area (Å²) in [4.78, 5) is 17.6. The summed E-state index contributed by atoms with van der Waals surface area (Å²) in [5, 5.41) is 3.50. The first kappa shape index (κ1) is 19.7. The van der Waals surface area contributed by atoms with Gasteiger partial charge in [0.2, 0.25) is 5.91 Å². The van der Waals surface area contributed by atoms with Crippen molar-refractivity contribution in [3.8, 4) is 0 Å². The number of aromatic nitrogens is 1. The van der Waals surface area contributed by atoms with Gasteiger partial charge in [-0.3, -0.25) is 4.79 Å². The topological polar surface area (TPSA) is 82.6 Å². The molecule has 1 aromatic heterocycles. The molecule has 0 spiro atoms. The van der Waals surface area contributed by atoms with E-state index >= 15 is 0 Å². The molecule has 2 heterocycles. The van der Waals surface area contributed by atoms with Crippen LogP contribution in [0.4, 0.5) is 5.13 Å². The molecule has 1 fully saturated rings. The Labute approximate surface area is 160 Å². The van der Waals surface area contributed by atoms with Crippen LogP contribution in [0, 0.1) is 5.92 Å². The Morgan fingerprint density at radius 3 is 2.73 bits per heavy atom. The number of carbonyl (C=O) groups excluding carboxylic acids is 1. The van der Waals surface area contributed by atoms with E-state index in [4.69, 9.17) is 0 Å². The molecule has 146 valence electrons. The lowest BCUT2D eigenvalue weighted by atomic mass is 9.86. The highest BCUT2D eigenvalue weighted by Gasteiger charge is 2.30. The van der Waals surface area contributed by atoms with Gasteiger partial charge in [0.1, 0.15) is 0 Å². The van der Waals surface area contributed by atoms with Gasteiger partial charge in [-0.15, -0.1) is 11.3 Å². The van der Waals surface area contributed by atoms with Crippen molar-refractivity contribution in [1.29, 1.82) is 0 Å². The van der Waals surface area contributed by atoms with Crippen LogP contribution in [0.2, 0.25) is 0 Å². The highest BCUT2D eigenvalue weighted by Crippen LogP contribution is 2.31. The van der Waals surface area contributed by atoms with Crippen LogP contribution in [0.3, 0.4) is 0 Å². The lowest BCUT2D eigenvalue weighted by molar-refractivity contribution is -0.116. The monoisotopic (exact) mass is 400 g/mol. The zero-order chi connectivity index (χ0) is 18.7. The summed E-state index contributed by atoms with van der Waals surface area (Å²) in [6, 6.07) is 0. The minimum atomic E-state index is -3.42. The van der Waals surface area contributed by atoms with E-state index in [-0.39, 0.29) is 5.91 Å². The predicted molar refractivity (Wildman–Crippen MR) is 103 cm³/mol. The second kappa shape index (κ2) is 8.33. The van der Waals surface area contributed by atoms with E-state index in [0.717, 1.165) is 17.0 Å². The van der Waals surface area contributed by atoms with E-state index < -0.39 is 10.2 Å². The molecule has 1 saturated carbocycles. The van der Waals surface area contributed by atoms with E-state index in [1.165, 1.54) is 66.1 Å². The van der Waals surface area contributed by atoms with Gasteiger partial charge >= 0.3 is 0 Å². The van der Waals surface area contributed by atoms with Crippen LogP contribution in [0.15, 0.2) is 0 Å². The Balaban J connectivity index is 1.55. The third kappa shape index (κ3) is 4.62. The molecular formula is C17H28N4O3S2. The molecular weight excluding hydrogens is 372 g/mol. The highest BCUT2D eigenvalue weighted by atomic mass is 32.2. The van der Waals surface area contributed by atoms with E-state index in [2.05, 4.69) is 10.3 Å². The first-order valence-electron chi connectivity index (χ1n) is 9.32. The normalized spacial score (nSPS) is 19.5. The minimum absolute atomic E-state index is 0.0134. The Morgan fingerprint density at radius 2 is 2.04 bits per heavy atom. The zero-order valence-corrected chi connectivity index (χ0v) is 17.2. The van der Waals surface area contributed by atoms with Crippen molar-refractivity contribution >= 4 is 32.6 Å². The van der Waals surface area contributed by atoms with E-state index in [1.54, 1.807) is 0 Å². The first-order valence-corrected chi connectivity index (χ1v) is 11.5. The molecule has 0 aromatic carbocycles. The molecule has 1 aromatic rings. The van der Waals surface area contributed by atoms with Gasteiger partial charge in [-0.05, 0) is 12.3 Å². The lowest BCUT2D eigenvalue weighted by Crippen LogP contribution is -2.42. The van der Waals surface area contributed by atoms with Gasteiger partial charge in [0.15, 0.2) is 5.13 Å². The highest BCUT2D eigenvalue weighted by molar-refractivity contribution is 7.86. The van der Waals surface area contributed by atoms with E-state index in [0.29, 0.717) is 37.0 Å². The van der Waals surface area contributed by atoms with Crippen LogP contribution in [0.5, 0.6) is 0 Å². The number of thiazole rings is 1. The van der Waals surface area contributed by atoms with Crippen LogP contribution in [0.25, 0.3) is 0 Å². The summed E-state index contributed by atoms with van der Waals surface area (Å²) in [5.41, 5.74) is 0.905. The first-order chi connectivity index (χ1) is 12.4. The molecule has 0 saturated heterocycles. The van der Waals surface area contributed by atoms with Crippen molar-refractivity contribution in [2.24, 2.45) is 5.92 Å². The van der Waals surface area contributed by atoms with Gasteiger partial charge < -0.3 is 5.32 Å². The van der Waals surface area contributed by atoms with Crippen LogP contribution in [-0.4, -0.2) is 48.6 Å². The van der Waals surface area contributed by atoms with Gasteiger partial charge in [-0.25, -0.2) is 4.98 Å². The van der Waals surface area contributed by atoms with Gasteiger partial charge in [0.05, 0.1) is 12.2 Å². The van der Waals surface area contributed by atoms with Crippen molar-refractivity contribution in [2.75, 3.05) is 26.0 Å². The Hall–Kier alpha value is -1.03. The smallest absolute Gasteiger partial charge is 0.281 e. The largest absolute Gasteiger partial charge is 0.302 e. The van der Waals surface area contributed by atoms with Gasteiger partial charge in [-0.2, -0.15) is 17.0 Å². The molecule has 7 nitrogen and oxygen atoms in total. The van der Waals surface area contributed by atoms with E-state index in [9.17, 15) is 13.2 Å². The van der Waals surface area contributed by atoms with Crippen molar-refractivity contribution < 1.29 is 13.2 Å². The van der Waals surface area contributed by atoms with Crippen LogP contribution >= 0.6 is 11.3 Å². The maximum absolute atomic E-state index is 12.3. The standard InChI is InChI=1S/C17H28N4O3S2/c1-20(2)26(23,24)21-11-10-14-15(12-21)25-17(18-14)19-16(22)9-8-13-6-4-3-5-7-13/h13H,3-12H2,1-2H3,(H,18,19,22). The number of hydrogen-bond donors (Lipinski definition) is 1. The zero-order valence-electron chi connectivity index (χ0n) is 15.5. The number of hydrogen-bond acceptors (Lipinski definition) is 5. The average molecular weight is 401 g/mol. The summed E-state index contributed by atoms with van der Waals surface area (Å²) in [7, 11) is -0.345. The summed E-state index contributed by atoms with van der Waals surface area (Å²) in [6.45, 7) is 0.748. The van der Waals surface area contributed by atoms with Crippen LogP contribution in [0.1, 0.15) is 55.5 Å². The molecule has 1 aliphatic heterocycles. The summed E-state index contributed by atoms with van der Waals surface area (Å²) < 4.78 is 27.3. The maximum Gasteiger partial charge on any atom is 0.281 e. The molecule has 2 aliphatic rings. The molecule has 26 heavy (non-hydrogen) atoms. The summed E-state index contributed by atoms with van der Waals surface area (Å²) in [5.74, 6) is 0.697. The molecule has 0 unspecified atom stereocenters. The fourth-order valence-electron chi connectivity index (χ4n) is 3.65. The van der Waals surface area contributed by atoms with Crippen LogP contribution in [-0.2, 0) is 28.0 Å². The van der Waals surface area contributed by atoms with Gasteiger partial charge in [-0.1, -0.05) is 32.1 Å². The molecule has 0 atom stereocenters. The fraction of sp³-hybridized carbons (Fsp3) is 0.765. The third-order valence-electron chi connectivity index (χ3n) is 5.23. The summed E-state index contributed by atoms with van der Waals surface area (Å²) in [6.07, 6.45) is 8.46. The molecule has 0 bridgehead atoms. The van der Waals surface area contributed by atoms with Crippen molar-refractivity contribution in [3.63, 3.8) is 0 Å². The molecule has 1 amide bonds. The average Bonchev–Trinajstić information content (AvgIpc) is 3.02. The fourth-order valence-corrected chi connectivity index (χ4v) is 5.84. The lowest BCUT2D eigenvalue weighted by Gasteiger charge is -2.27. The maximum atomic E-state index is 12.3. The van der Waals surface area contributed by atoms with E-state index in [1.807, 2.05) is 0 Å². The summed E-state index contributed by atoms with van der Waals surface area (Å²) >= 11 is 1.39. The number of nitrogens with one attached hydrogen (secondary N) is 1. The predicted octanol–water partition coefficient (Wildman–Crippen LogP) is 2.61. The third-order valence-corrected chi connectivity index (χ3v) is 8.12. The molecule has 0 radical (unpaired) electrons.